The highest BCUT2D eigenvalue weighted by Gasteiger charge is 2.43. The van der Waals surface area contributed by atoms with Crippen molar-refractivity contribution >= 4 is 15.8 Å². The molecule has 2 aliphatic rings. The molecule has 0 bridgehead atoms. The predicted octanol–water partition coefficient (Wildman–Crippen LogP) is 0.981. The molecule has 0 aliphatic carbocycles. The van der Waals surface area contributed by atoms with Crippen LogP contribution in [-0.4, -0.2) is 56.0 Å². The molecule has 0 aromatic carbocycles. The number of ether oxygens (including phenoxy) is 1. The van der Waals surface area contributed by atoms with Gasteiger partial charge in [0.1, 0.15) is 6.10 Å². The van der Waals surface area contributed by atoms with Crippen molar-refractivity contribution in [1.82, 2.24) is 4.90 Å². The minimum absolute atomic E-state index is 0.00791. The monoisotopic (exact) mass is 289 g/mol. The number of carbonyl (C=O) groups is 1. The number of sulfone groups is 1. The van der Waals surface area contributed by atoms with Gasteiger partial charge in [-0.05, 0) is 32.4 Å². The molecule has 2 unspecified atom stereocenters. The molecular weight excluding hydrogens is 266 g/mol. The lowest BCUT2D eigenvalue weighted by Gasteiger charge is -2.27. The van der Waals surface area contributed by atoms with Crippen LogP contribution in [0.2, 0.25) is 0 Å². The van der Waals surface area contributed by atoms with Crippen molar-refractivity contribution in [2.75, 3.05) is 24.6 Å². The number of unbranched alkanes of at least 4 members (excludes halogenated alkanes) is 1. The average molecular weight is 289 g/mol. The minimum Gasteiger partial charge on any atom is -0.460 e. The Morgan fingerprint density at radius 1 is 1.26 bits per heavy atom. The first kappa shape index (κ1) is 14.8. The van der Waals surface area contributed by atoms with Crippen LogP contribution in [0.5, 0.6) is 0 Å². The summed E-state index contributed by atoms with van der Waals surface area (Å²) in [6.07, 6.45) is 3.87. The Morgan fingerprint density at radius 3 is 2.58 bits per heavy atom. The highest BCUT2D eigenvalue weighted by atomic mass is 32.2. The van der Waals surface area contributed by atoms with Gasteiger partial charge < -0.3 is 4.74 Å². The fraction of sp³-hybridized carbons (Fsp3) is 0.923. The van der Waals surface area contributed by atoms with Crippen molar-refractivity contribution in [2.24, 2.45) is 0 Å². The van der Waals surface area contributed by atoms with Crippen molar-refractivity contribution in [3.8, 4) is 0 Å². The molecule has 2 rings (SSSR count). The van der Waals surface area contributed by atoms with E-state index in [1.807, 2.05) is 6.92 Å². The summed E-state index contributed by atoms with van der Waals surface area (Å²) in [5, 5.41) is 0. The van der Waals surface area contributed by atoms with Gasteiger partial charge in [0.2, 0.25) is 0 Å². The van der Waals surface area contributed by atoms with Crippen molar-refractivity contribution in [3.05, 3.63) is 0 Å². The maximum atomic E-state index is 11.8. The van der Waals surface area contributed by atoms with Crippen molar-refractivity contribution in [1.29, 1.82) is 0 Å². The van der Waals surface area contributed by atoms with Crippen LogP contribution in [-0.2, 0) is 19.4 Å². The SMILES string of the molecule is CCCCC(=O)OC1CS(=O)(=O)CC1N1CCCC1. The number of likely N-dealkylation sites (tertiary alicyclic amines) is 1. The standard InChI is InChI=1S/C13H23NO4S/c1-2-3-6-13(15)18-12-10-19(16,17)9-11(12)14-7-4-5-8-14/h11-12H,2-10H2,1H3. The lowest BCUT2D eigenvalue weighted by Crippen LogP contribution is -2.43. The summed E-state index contributed by atoms with van der Waals surface area (Å²) in [5.74, 6) is -0.127. The van der Waals surface area contributed by atoms with E-state index in [0.717, 1.165) is 38.8 Å². The molecule has 2 saturated heterocycles. The molecule has 0 saturated carbocycles. The number of esters is 1. The van der Waals surface area contributed by atoms with Crippen LogP contribution in [0.4, 0.5) is 0 Å². The van der Waals surface area contributed by atoms with E-state index in [2.05, 4.69) is 4.90 Å². The van der Waals surface area contributed by atoms with Crippen LogP contribution in [0.1, 0.15) is 39.0 Å². The second kappa shape index (κ2) is 6.22. The Hall–Kier alpha value is -0.620. The molecular formula is C13H23NO4S. The second-order valence-corrected chi connectivity index (χ2v) is 7.67. The summed E-state index contributed by atoms with van der Waals surface area (Å²) in [6.45, 7) is 3.85. The van der Waals surface area contributed by atoms with Gasteiger partial charge in [-0.15, -0.1) is 0 Å². The molecule has 0 spiro atoms. The molecule has 6 heteroatoms. The van der Waals surface area contributed by atoms with Crippen LogP contribution in [0.15, 0.2) is 0 Å². The van der Waals surface area contributed by atoms with E-state index in [1.54, 1.807) is 0 Å². The summed E-state index contributed by atoms with van der Waals surface area (Å²) < 4.78 is 29.0. The topological polar surface area (TPSA) is 63.7 Å². The molecule has 0 N–H and O–H groups in total. The summed E-state index contributed by atoms with van der Waals surface area (Å²) in [6, 6.07) is -0.127. The molecule has 2 fully saturated rings. The molecule has 110 valence electrons. The molecule has 0 amide bonds. The normalized spacial score (nSPS) is 30.6. The fourth-order valence-electron chi connectivity index (χ4n) is 2.87. The molecule has 2 heterocycles. The van der Waals surface area contributed by atoms with E-state index >= 15 is 0 Å². The maximum absolute atomic E-state index is 11.8. The minimum atomic E-state index is -3.07. The van der Waals surface area contributed by atoms with Crippen molar-refractivity contribution < 1.29 is 17.9 Å². The number of carbonyl (C=O) groups excluding carboxylic acids is 1. The average Bonchev–Trinajstić information content (AvgIpc) is 2.94. The lowest BCUT2D eigenvalue weighted by molar-refractivity contribution is -0.150. The summed E-state index contributed by atoms with van der Waals surface area (Å²) in [7, 11) is -3.07. The van der Waals surface area contributed by atoms with Crippen LogP contribution < -0.4 is 0 Å². The zero-order valence-corrected chi connectivity index (χ0v) is 12.3. The lowest BCUT2D eigenvalue weighted by atomic mass is 10.2. The van der Waals surface area contributed by atoms with Gasteiger partial charge in [-0.25, -0.2) is 8.42 Å². The van der Waals surface area contributed by atoms with E-state index in [9.17, 15) is 13.2 Å². The third-order valence-electron chi connectivity index (χ3n) is 3.90. The van der Waals surface area contributed by atoms with E-state index in [1.165, 1.54) is 0 Å². The van der Waals surface area contributed by atoms with E-state index in [4.69, 9.17) is 4.74 Å². The van der Waals surface area contributed by atoms with Gasteiger partial charge in [-0.1, -0.05) is 13.3 Å². The molecule has 19 heavy (non-hydrogen) atoms. The van der Waals surface area contributed by atoms with Gasteiger partial charge in [-0.3, -0.25) is 9.69 Å². The highest BCUT2D eigenvalue weighted by molar-refractivity contribution is 7.91. The summed E-state index contributed by atoms with van der Waals surface area (Å²) in [4.78, 5) is 13.9. The largest absolute Gasteiger partial charge is 0.460 e. The Bertz CT molecular complexity index is 414. The molecule has 0 aromatic heterocycles. The number of hydrogen-bond acceptors (Lipinski definition) is 5. The fourth-order valence-corrected chi connectivity index (χ4v) is 4.74. The van der Waals surface area contributed by atoms with Crippen LogP contribution in [0.25, 0.3) is 0 Å². The van der Waals surface area contributed by atoms with Crippen LogP contribution >= 0.6 is 0 Å². The Balaban J connectivity index is 1.97. The summed E-state index contributed by atoms with van der Waals surface area (Å²) in [5.41, 5.74) is 0. The van der Waals surface area contributed by atoms with Gasteiger partial charge in [0.25, 0.3) is 0 Å². The van der Waals surface area contributed by atoms with E-state index in [-0.39, 0.29) is 23.5 Å². The molecule has 0 aromatic rings. The van der Waals surface area contributed by atoms with Crippen LogP contribution in [0.3, 0.4) is 0 Å². The second-order valence-electron chi connectivity index (χ2n) is 5.52. The molecule has 5 nitrogen and oxygen atoms in total. The maximum Gasteiger partial charge on any atom is 0.306 e. The van der Waals surface area contributed by atoms with Crippen LogP contribution in [0, 0.1) is 0 Å². The third kappa shape index (κ3) is 3.92. The van der Waals surface area contributed by atoms with Gasteiger partial charge >= 0.3 is 5.97 Å². The summed E-state index contributed by atoms with van der Waals surface area (Å²) >= 11 is 0. The molecule has 2 aliphatic heterocycles. The smallest absolute Gasteiger partial charge is 0.306 e. The third-order valence-corrected chi connectivity index (χ3v) is 5.58. The quantitative estimate of drug-likeness (QED) is 0.706. The number of hydrogen-bond donors (Lipinski definition) is 0. The highest BCUT2D eigenvalue weighted by Crippen LogP contribution is 2.25. The zero-order valence-electron chi connectivity index (χ0n) is 11.5. The Labute approximate surface area is 115 Å². The van der Waals surface area contributed by atoms with Gasteiger partial charge in [0, 0.05) is 6.42 Å². The first-order valence-electron chi connectivity index (χ1n) is 7.16. The number of nitrogens with zero attached hydrogens (tertiary/aromatic N) is 1. The Kier molecular flexibility index (Phi) is 4.84. The number of rotatable bonds is 5. The first-order valence-corrected chi connectivity index (χ1v) is 8.98. The van der Waals surface area contributed by atoms with Crippen molar-refractivity contribution in [2.45, 2.75) is 51.2 Å². The Morgan fingerprint density at radius 2 is 1.95 bits per heavy atom. The van der Waals surface area contributed by atoms with Gasteiger partial charge in [0.15, 0.2) is 9.84 Å². The van der Waals surface area contributed by atoms with Gasteiger partial charge in [-0.2, -0.15) is 0 Å². The zero-order chi connectivity index (χ0) is 13.9. The molecule has 2 atom stereocenters. The van der Waals surface area contributed by atoms with E-state index in [0.29, 0.717) is 6.42 Å². The molecule has 0 radical (unpaired) electrons. The first-order chi connectivity index (χ1) is 9.02. The predicted molar refractivity (Wildman–Crippen MR) is 72.7 cm³/mol. The van der Waals surface area contributed by atoms with Crippen molar-refractivity contribution in [3.63, 3.8) is 0 Å². The van der Waals surface area contributed by atoms with E-state index < -0.39 is 15.9 Å². The van der Waals surface area contributed by atoms with Gasteiger partial charge in [0.05, 0.1) is 17.5 Å².